The number of hydrogen-bond donors (Lipinski definition) is 4. The van der Waals surface area contributed by atoms with Gasteiger partial charge in [0.05, 0.1) is 0 Å². The van der Waals surface area contributed by atoms with E-state index in [1.165, 1.54) is 6.92 Å². The van der Waals surface area contributed by atoms with Crippen molar-refractivity contribution < 1.29 is 47.7 Å². The van der Waals surface area contributed by atoms with Gasteiger partial charge < -0.3 is 38.5 Å². The third kappa shape index (κ3) is 12.8. The molecule has 4 aromatic rings. The predicted octanol–water partition coefficient (Wildman–Crippen LogP) is 17.2. The van der Waals surface area contributed by atoms with Crippen LogP contribution in [-0.2, 0) is 52.5 Å². The summed E-state index contributed by atoms with van der Waals surface area (Å²) in [4.78, 5) is 0. The first-order valence-corrected chi connectivity index (χ1v) is 27.7. The molecule has 0 radical (unpaired) electrons. The summed E-state index contributed by atoms with van der Waals surface area (Å²) in [5.41, 5.74) is -0.621. The smallest absolute Gasteiger partial charge is 0.448 e. The first-order valence-electron chi connectivity index (χ1n) is 24.5. The van der Waals surface area contributed by atoms with E-state index in [0.29, 0.717) is 44.5 Å². The summed E-state index contributed by atoms with van der Waals surface area (Å²) in [5, 5.41) is 45.4. The Kier molecular flexibility index (Phi) is 15.5. The molecule has 0 saturated heterocycles. The van der Waals surface area contributed by atoms with Crippen LogP contribution in [0.3, 0.4) is 0 Å². The lowest BCUT2D eigenvalue weighted by Gasteiger charge is -2.34. The Balaban J connectivity index is 2.25. The number of phenolic OH excluding ortho intramolecular Hbond substituents is 4. The van der Waals surface area contributed by atoms with E-state index < -0.39 is 63.9 Å². The zero-order valence-electron chi connectivity index (χ0n) is 47.3. The molecule has 0 aliphatic rings. The van der Waals surface area contributed by atoms with Crippen molar-refractivity contribution in [2.24, 2.45) is 0 Å². The molecule has 4 N–H and O–H groups in total. The lowest BCUT2D eigenvalue weighted by atomic mass is 9.79. The second-order valence-electron chi connectivity index (χ2n) is 27.5. The topological polar surface area (TPSA) is 152 Å². The molecule has 0 heterocycles. The van der Waals surface area contributed by atoms with E-state index in [0.717, 1.165) is 0 Å². The first-order chi connectivity index (χ1) is 31.0. The van der Waals surface area contributed by atoms with Crippen LogP contribution in [0.4, 0.5) is 0 Å². The normalized spacial score (nSPS) is 14.0. The van der Waals surface area contributed by atoms with Crippen LogP contribution >= 0.6 is 15.2 Å². The second kappa shape index (κ2) is 18.7. The van der Waals surface area contributed by atoms with E-state index in [-0.39, 0.29) is 46.0 Å². The van der Waals surface area contributed by atoms with Crippen molar-refractivity contribution in [2.45, 2.75) is 222 Å². The summed E-state index contributed by atoms with van der Waals surface area (Å²) in [5.74, 6) is 0.646. The quantitative estimate of drug-likeness (QED) is 0.113. The molecule has 0 fully saturated rings. The maximum absolute atomic E-state index is 16.7. The summed E-state index contributed by atoms with van der Waals surface area (Å²) in [6.45, 7) is 48.4. The summed E-state index contributed by atoms with van der Waals surface area (Å²) < 4.78 is 60.6. The second-order valence-corrected chi connectivity index (χ2v) is 32.4. The van der Waals surface area contributed by atoms with E-state index in [2.05, 4.69) is 0 Å². The molecule has 10 nitrogen and oxygen atoms in total. The molecule has 4 aromatic carbocycles. The van der Waals surface area contributed by atoms with Crippen molar-refractivity contribution >= 4 is 15.2 Å². The molecule has 0 unspecified atom stereocenters. The van der Waals surface area contributed by atoms with Gasteiger partial charge in [-0.15, -0.1) is 0 Å². The van der Waals surface area contributed by atoms with Gasteiger partial charge in [0.15, 0.2) is 0 Å². The number of aromatic hydroxyl groups is 4. The highest BCUT2D eigenvalue weighted by molar-refractivity contribution is 7.73. The van der Waals surface area contributed by atoms with E-state index in [4.69, 9.17) is 18.1 Å². The summed E-state index contributed by atoms with van der Waals surface area (Å²) in [6, 6.07) is 13.1. The van der Waals surface area contributed by atoms with Crippen molar-refractivity contribution in [1.82, 2.24) is 0 Å². The van der Waals surface area contributed by atoms with E-state index in [1.807, 2.05) is 166 Å². The van der Waals surface area contributed by atoms with Gasteiger partial charge in [0.25, 0.3) is 0 Å². The van der Waals surface area contributed by atoms with Gasteiger partial charge >= 0.3 is 15.2 Å². The Morgan fingerprint density at radius 2 is 0.414 bits per heavy atom. The van der Waals surface area contributed by atoms with Crippen molar-refractivity contribution in [3.63, 3.8) is 0 Å². The fourth-order valence-electron chi connectivity index (χ4n) is 8.32. The molecular weight excluding hydrogens is 919 g/mol. The number of hydrogen-bond acceptors (Lipinski definition) is 10. The molecule has 4 rings (SSSR count). The standard InChI is InChI=1S/C58H88O10P2/c1-34(69(63,65-35-26-39(51(2,3)4)47(59)40(27-35)52(5,6)7)66-36-28-41(53(8,9)10)48(60)42(29-36)54(11,12)13)70(64,67-37-30-43(55(14,15)16)49(61)44(31-37)56(17,18)19)68-38-32-45(57(20,21)22)50(62)46(33-38)58(23,24)25/h26-34,59-62H,1-25H3. The molecule has 0 aliphatic heterocycles. The Morgan fingerprint density at radius 3 is 0.514 bits per heavy atom. The maximum atomic E-state index is 16.7. The number of phenols is 4. The van der Waals surface area contributed by atoms with Crippen LogP contribution in [0, 0.1) is 0 Å². The third-order valence-electron chi connectivity index (χ3n) is 12.6. The minimum absolute atomic E-state index is 0.0740. The van der Waals surface area contributed by atoms with Crippen LogP contribution in [-0.4, -0.2) is 25.8 Å². The largest absolute Gasteiger partial charge is 0.507 e. The lowest BCUT2D eigenvalue weighted by Crippen LogP contribution is -2.23. The molecule has 0 aliphatic carbocycles. The molecular formula is C58H88O10P2. The van der Waals surface area contributed by atoms with Crippen molar-refractivity contribution in [2.75, 3.05) is 0 Å². The molecule has 390 valence electrons. The molecule has 0 spiro atoms. The van der Waals surface area contributed by atoms with Crippen LogP contribution in [0.15, 0.2) is 48.5 Å². The minimum atomic E-state index is -4.94. The fourth-order valence-corrected chi connectivity index (χ4v) is 12.6. The first kappa shape index (κ1) is 58.3. The van der Waals surface area contributed by atoms with Crippen LogP contribution in [0.2, 0.25) is 0 Å². The Hall–Kier alpha value is -4.26. The molecule has 0 saturated carbocycles. The third-order valence-corrected chi connectivity index (χ3v) is 18.0. The highest BCUT2D eigenvalue weighted by Gasteiger charge is 2.54. The van der Waals surface area contributed by atoms with Gasteiger partial charge in [-0.05, 0) is 98.8 Å². The van der Waals surface area contributed by atoms with Gasteiger partial charge in [0, 0.05) is 44.5 Å². The minimum Gasteiger partial charge on any atom is -0.507 e. The van der Waals surface area contributed by atoms with Crippen molar-refractivity contribution in [3.8, 4) is 46.0 Å². The van der Waals surface area contributed by atoms with Crippen molar-refractivity contribution in [1.29, 1.82) is 0 Å². The van der Waals surface area contributed by atoms with Crippen LogP contribution in [0.5, 0.6) is 46.0 Å². The predicted molar refractivity (Wildman–Crippen MR) is 289 cm³/mol. The van der Waals surface area contributed by atoms with E-state index >= 15 is 9.13 Å². The van der Waals surface area contributed by atoms with Gasteiger partial charge in [-0.2, -0.15) is 0 Å². The van der Waals surface area contributed by atoms with Gasteiger partial charge in [-0.3, -0.25) is 0 Å². The zero-order chi connectivity index (χ0) is 54.3. The SMILES string of the molecule is CC(P(=O)(Oc1cc(C(C)(C)C)c(O)c(C(C)(C)C)c1)Oc1cc(C(C)(C)C)c(O)c(C(C)(C)C)c1)P(=O)(Oc1cc(C(C)(C)C)c(O)c(C(C)(C)C)c1)Oc1cc(C(C)(C)C)c(O)c(C(C)(C)C)c1. The zero-order valence-corrected chi connectivity index (χ0v) is 49.1. The fraction of sp³-hybridized carbons (Fsp3) is 0.586. The van der Waals surface area contributed by atoms with Crippen LogP contribution in [0.1, 0.15) is 218 Å². The maximum Gasteiger partial charge on any atom is 0.448 e. The summed E-state index contributed by atoms with van der Waals surface area (Å²) in [6.07, 6.45) is 0. The molecule has 0 bridgehead atoms. The molecule has 0 atom stereocenters. The summed E-state index contributed by atoms with van der Waals surface area (Å²) >= 11 is 0. The molecule has 12 heteroatoms. The van der Waals surface area contributed by atoms with Crippen LogP contribution in [0.25, 0.3) is 0 Å². The van der Waals surface area contributed by atoms with Gasteiger partial charge in [0.2, 0.25) is 5.40 Å². The molecule has 70 heavy (non-hydrogen) atoms. The van der Waals surface area contributed by atoms with Gasteiger partial charge in [-0.25, -0.2) is 9.13 Å². The highest BCUT2D eigenvalue weighted by Crippen LogP contribution is 2.70. The van der Waals surface area contributed by atoms with Crippen molar-refractivity contribution in [3.05, 3.63) is 93.0 Å². The van der Waals surface area contributed by atoms with E-state index in [9.17, 15) is 20.4 Å². The number of rotatable bonds is 10. The average Bonchev–Trinajstić information content (AvgIpc) is 3.13. The van der Waals surface area contributed by atoms with Gasteiger partial charge in [-0.1, -0.05) is 166 Å². The molecule has 0 amide bonds. The monoisotopic (exact) mass is 1010 g/mol. The Bertz CT molecular complexity index is 2190. The number of benzene rings is 4. The van der Waals surface area contributed by atoms with Crippen LogP contribution < -0.4 is 18.1 Å². The lowest BCUT2D eigenvalue weighted by molar-refractivity contribution is 0.350. The molecule has 0 aromatic heterocycles. The Labute approximate surface area is 422 Å². The highest BCUT2D eigenvalue weighted by atomic mass is 31.2. The van der Waals surface area contributed by atoms with E-state index in [1.54, 1.807) is 48.5 Å². The average molecular weight is 1010 g/mol. The summed E-state index contributed by atoms with van der Waals surface area (Å²) in [7, 11) is -9.88. The Morgan fingerprint density at radius 1 is 0.300 bits per heavy atom. The van der Waals surface area contributed by atoms with Gasteiger partial charge in [0.1, 0.15) is 46.0 Å².